The molecule has 0 bridgehead atoms. The van der Waals surface area contributed by atoms with Crippen LogP contribution in [0.15, 0.2) is 71.9 Å². The van der Waals surface area contributed by atoms with Crippen LogP contribution in [0.3, 0.4) is 0 Å². The Hall–Kier alpha value is -3.94. The minimum atomic E-state index is -0.322. The van der Waals surface area contributed by atoms with Gasteiger partial charge in [0, 0.05) is 50.7 Å². The van der Waals surface area contributed by atoms with Crippen molar-refractivity contribution in [3.8, 4) is 11.1 Å². The lowest BCUT2D eigenvalue weighted by atomic mass is 10.1. The SMILES string of the molecule is Cn1cc(-c2ccc(F)cc2)c2ncn(CC(=O)N3CCN(c4ccccc4)CC3)c(=O)c21. The zero-order valence-corrected chi connectivity index (χ0v) is 18.3. The van der Waals surface area contributed by atoms with E-state index >= 15 is 0 Å². The molecule has 0 N–H and O–H groups in total. The minimum Gasteiger partial charge on any atom is -0.368 e. The number of rotatable bonds is 4. The molecule has 1 aliphatic heterocycles. The van der Waals surface area contributed by atoms with Crippen molar-refractivity contribution in [1.82, 2.24) is 19.0 Å². The maximum absolute atomic E-state index is 13.3. The fourth-order valence-corrected chi connectivity index (χ4v) is 4.36. The number of para-hydroxylation sites is 1. The van der Waals surface area contributed by atoms with Crippen molar-refractivity contribution in [2.75, 3.05) is 31.1 Å². The Labute approximate surface area is 190 Å². The molecule has 0 unspecified atom stereocenters. The lowest BCUT2D eigenvalue weighted by Crippen LogP contribution is -2.50. The van der Waals surface area contributed by atoms with Gasteiger partial charge in [-0.2, -0.15) is 0 Å². The number of hydrogen-bond acceptors (Lipinski definition) is 4. The molecule has 1 amide bonds. The van der Waals surface area contributed by atoms with Gasteiger partial charge in [-0.05, 0) is 29.8 Å². The van der Waals surface area contributed by atoms with Crippen LogP contribution in [0.4, 0.5) is 10.1 Å². The number of piperazine rings is 1. The molecule has 1 aliphatic rings. The summed E-state index contributed by atoms with van der Waals surface area (Å²) in [6.45, 7) is 2.67. The molecular weight excluding hydrogens is 421 g/mol. The molecular formula is C25H24FN5O2. The van der Waals surface area contributed by atoms with E-state index in [0.717, 1.165) is 29.9 Å². The van der Waals surface area contributed by atoms with Crippen molar-refractivity contribution in [1.29, 1.82) is 0 Å². The van der Waals surface area contributed by atoms with Crippen molar-refractivity contribution >= 4 is 22.6 Å². The Morgan fingerprint density at radius 3 is 2.39 bits per heavy atom. The third kappa shape index (κ3) is 4.00. The Bertz CT molecular complexity index is 1350. The predicted octanol–water partition coefficient (Wildman–Crippen LogP) is 2.89. The van der Waals surface area contributed by atoms with Gasteiger partial charge in [0.1, 0.15) is 23.4 Å². The van der Waals surface area contributed by atoms with Gasteiger partial charge in [0.05, 0.1) is 6.33 Å². The van der Waals surface area contributed by atoms with E-state index in [1.54, 1.807) is 34.8 Å². The minimum absolute atomic E-state index is 0.0514. The summed E-state index contributed by atoms with van der Waals surface area (Å²) < 4.78 is 16.4. The predicted molar refractivity (Wildman–Crippen MR) is 126 cm³/mol. The van der Waals surface area contributed by atoms with Gasteiger partial charge in [-0.3, -0.25) is 14.2 Å². The molecule has 8 heteroatoms. The normalized spacial score (nSPS) is 14.1. The molecule has 4 aromatic rings. The van der Waals surface area contributed by atoms with Gasteiger partial charge >= 0.3 is 0 Å². The molecule has 1 fully saturated rings. The number of carbonyl (C=O) groups is 1. The van der Waals surface area contributed by atoms with E-state index in [0.29, 0.717) is 24.1 Å². The molecule has 0 aliphatic carbocycles. The Morgan fingerprint density at radius 1 is 1.00 bits per heavy atom. The van der Waals surface area contributed by atoms with Gasteiger partial charge < -0.3 is 14.4 Å². The molecule has 2 aromatic heterocycles. The van der Waals surface area contributed by atoms with Crippen LogP contribution in [0.2, 0.25) is 0 Å². The number of halogens is 1. The molecule has 0 radical (unpaired) electrons. The summed E-state index contributed by atoms with van der Waals surface area (Å²) in [7, 11) is 1.77. The van der Waals surface area contributed by atoms with Crippen molar-refractivity contribution < 1.29 is 9.18 Å². The summed E-state index contributed by atoms with van der Waals surface area (Å²) in [5, 5.41) is 0. The maximum Gasteiger partial charge on any atom is 0.278 e. The summed E-state index contributed by atoms with van der Waals surface area (Å²) >= 11 is 0. The summed E-state index contributed by atoms with van der Waals surface area (Å²) in [4.78, 5) is 34.6. The van der Waals surface area contributed by atoms with Crippen LogP contribution in [0, 0.1) is 5.82 Å². The first-order valence-electron chi connectivity index (χ1n) is 10.9. The molecule has 168 valence electrons. The van der Waals surface area contributed by atoms with Gasteiger partial charge in [-0.15, -0.1) is 0 Å². The highest BCUT2D eigenvalue weighted by atomic mass is 19.1. The number of anilines is 1. The highest BCUT2D eigenvalue weighted by Gasteiger charge is 2.23. The quantitative estimate of drug-likeness (QED) is 0.485. The van der Waals surface area contributed by atoms with Crippen LogP contribution in [-0.2, 0) is 18.4 Å². The van der Waals surface area contributed by atoms with Crippen LogP contribution in [0.5, 0.6) is 0 Å². The third-order valence-electron chi connectivity index (χ3n) is 6.16. The Kier molecular flexibility index (Phi) is 5.42. The second kappa shape index (κ2) is 8.54. The molecule has 1 saturated heterocycles. The first-order chi connectivity index (χ1) is 16.0. The van der Waals surface area contributed by atoms with Gasteiger partial charge in [0.25, 0.3) is 5.56 Å². The lowest BCUT2D eigenvalue weighted by Gasteiger charge is -2.36. The summed E-state index contributed by atoms with van der Waals surface area (Å²) in [6, 6.07) is 16.2. The molecule has 5 rings (SSSR count). The fraction of sp³-hybridized carbons (Fsp3) is 0.240. The van der Waals surface area contributed by atoms with Gasteiger partial charge in [0.2, 0.25) is 5.91 Å². The van der Waals surface area contributed by atoms with E-state index in [9.17, 15) is 14.0 Å². The van der Waals surface area contributed by atoms with Crippen LogP contribution in [-0.4, -0.2) is 51.1 Å². The largest absolute Gasteiger partial charge is 0.368 e. The van der Waals surface area contributed by atoms with Crippen molar-refractivity contribution in [2.45, 2.75) is 6.54 Å². The topological polar surface area (TPSA) is 63.4 Å². The van der Waals surface area contributed by atoms with Crippen molar-refractivity contribution in [3.05, 3.63) is 83.3 Å². The molecule has 3 heterocycles. The Balaban J connectivity index is 1.34. The van der Waals surface area contributed by atoms with E-state index in [2.05, 4.69) is 22.0 Å². The summed E-state index contributed by atoms with van der Waals surface area (Å²) in [5.41, 5.74) is 3.36. The van der Waals surface area contributed by atoms with Crippen LogP contribution >= 0.6 is 0 Å². The van der Waals surface area contributed by atoms with Crippen LogP contribution in [0.1, 0.15) is 0 Å². The van der Waals surface area contributed by atoms with E-state index in [1.165, 1.54) is 23.0 Å². The molecule has 7 nitrogen and oxygen atoms in total. The maximum atomic E-state index is 13.3. The van der Waals surface area contributed by atoms with E-state index in [1.807, 2.05) is 18.2 Å². The number of hydrogen-bond donors (Lipinski definition) is 0. The molecule has 0 saturated carbocycles. The van der Waals surface area contributed by atoms with Gasteiger partial charge in [0.15, 0.2) is 0 Å². The number of nitrogens with zero attached hydrogens (tertiary/aromatic N) is 5. The lowest BCUT2D eigenvalue weighted by molar-refractivity contribution is -0.132. The number of aryl methyl sites for hydroxylation is 1. The molecule has 33 heavy (non-hydrogen) atoms. The number of carbonyl (C=O) groups excluding carboxylic acids is 1. The van der Waals surface area contributed by atoms with Crippen LogP contribution < -0.4 is 10.5 Å². The average Bonchev–Trinajstić information content (AvgIpc) is 3.19. The zero-order valence-electron chi connectivity index (χ0n) is 18.3. The fourth-order valence-electron chi connectivity index (χ4n) is 4.36. The number of benzene rings is 2. The summed E-state index contributed by atoms with van der Waals surface area (Å²) in [6.07, 6.45) is 3.23. The monoisotopic (exact) mass is 445 g/mol. The van der Waals surface area contributed by atoms with Gasteiger partial charge in [-0.1, -0.05) is 30.3 Å². The zero-order chi connectivity index (χ0) is 22.9. The smallest absolute Gasteiger partial charge is 0.278 e. The van der Waals surface area contributed by atoms with Crippen LogP contribution in [0.25, 0.3) is 22.2 Å². The van der Waals surface area contributed by atoms with E-state index in [-0.39, 0.29) is 23.8 Å². The van der Waals surface area contributed by atoms with Crippen molar-refractivity contribution in [2.24, 2.45) is 7.05 Å². The molecule has 0 atom stereocenters. The highest BCUT2D eigenvalue weighted by Crippen LogP contribution is 2.27. The number of fused-ring (bicyclic) bond motifs is 1. The number of aromatic nitrogens is 3. The molecule has 2 aromatic carbocycles. The second-order valence-corrected chi connectivity index (χ2v) is 8.24. The second-order valence-electron chi connectivity index (χ2n) is 8.24. The van der Waals surface area contributed by atoms with E-state index < -0.39 is 0 Å². The third-order valence-corrected chi connectivity index (χ3v) is 6.16. The first-order valence-corrected chi connectivity index (χ1v) is 10.9. The first kappa shape index (κ1) is 20.9. The van der Waals surface area contributed by atoms with Crippen molar-refractivity contribution in [3.63, 3.8) is 0 Å². The molecule has 0 spiro atoms. The average molecular weight is 445 g/mol. The van der Waals surface area contributed by atoms with E-state index in [4.69, 9.17) is 0 Å². The highest BCUT2D eigenvalue weighted by molar-refractivity contribution is 5.92. The number of amides is 1. The Morgan fingerprint density at radius 2 is 1.70 bits per heavy atom. The standard InChI is InChI=1S/C25H24FN5O2/c1-28-15-21(18-7-9-19(26)10-8-18)23-24(28)25(33)31(17-27-23)16-22(32)30-13-11-29(12-14-30)20-5-3-2-4-6-20/h2-10,15,17H,11-14,16H2,1H3. The summed E-state index contributed by atoms with van der Waals surface area (Å²) in [5.74, 6) is -0.420. The van der Waals surface area contributed by atoms with Gasteiger partial charge in [-0.25, -0.2) is 9.37 Å².